The predicted molar refractivity (Wildman–Crippen MR) is 83.4 cm³/mol. The molecule has 0 radical (unpaired) electrons. The van der Waals surface area contributed by atoms with Crippen LogP contribution in [0.5, 0.6) is 0 Å². The maximum absolute atomic E-state index is 6.26. The highest BCUT2D eigenvalue weighted by atomic mass is 15.3. The van der Waals surface area contributed by atoms with E-state index in [4.69, 9.17) is 5.73 Å². The lowest BCUT2D eigenvalue weighted by molar-refractivity contribution is 0.0856. The number of aryl methyl sites for hydroxylation is 1. The third-order valence-corrected chi connectivity index (χ3v) is 4.89. The Morgan fingerprint density at radius 2 is 2.00 bits per heavy atom. The Balaban J connectivity index is 2.10. The highest BCUT2D eigenvalue weighted by Gasteiger charge is 2.33. The predicted octanol–water partition coefficient (Wildman–Crippen LogP) is 2.71. The molecule has 1 heterocycles. The second-order valence-electron chi connectivity index (χ2n) is 7.31. The summed E-state index contributed by atoms with van der Waals surface area (Å²) in [6.07, 6.45) is 9.20. The first-order chi connectivity index (χ1) is 9.30. The van der Waals surface area contributed by atoms with E-state index in [9.17, 15) is 0 Å². The van der Waals surface area contributed by atoms with Gasteiger partial charge in [0.25, 0.3) is 0 Å². The molecular formula is C16H30N4. The summed E-state index contributed by atoms with van der Waals surface area (Å²) in [5.74, 6) is 0. The van der Waals surface area contributed by atoms with Crippen LogP contribution in [0.2, 0.25) is 0 Å². The van der Waals surface area contributed by atoms with Crippen LogP contribution in [0, 0.1) is 5.41 Å². The van der Waals surface area contributed by atoms with E-state index in [2.05, 4.69) is 44.0 Å². The molecule has 1 fully saturated rings. The van der Waals surface area contributed by atoms with Gasteiger partial charge in [0.2, 0.25) is 0 Å². The van der Waals surface area contributed by atoms with Gasteiger partial charge in [0.15, 0.2) is 0 Å². The SMILES string of the molecule is CC(N)C(c1cnn(C)c1)N(C)C1CCC(C)(C)CC1. The molecular weight excluding hydrogens is 248 g/mol. The van der Waals surface area contributed by atoms with E-state index in [1.54, 1.807) is 0 Å². The van der Waals surface area contributed by atoms with Crippen LogP contribution in [0.15, 0.2) is 12.4 Å². The second-order valence-corrected chi connectivity index (χ2v) is 7.31. The Hall–Kier alpha value is -0.870. The van der Waals surface area contributed by atoms with Gasteiger partial charge in [0.1, 0.15) is 0 Å². The quantitative estimate of drug-likeness (QED) is 0.921. The van der Waals surface area contributed by atoms with E-state index in [0.717, 1.165) is 0 Å². The summed E-state index contributed by atoms with van der Waals surface area (Å²) in [6, 6.07) is 1.01. The van der Waals surface area contributed by atoms with Gasteiger partial charge < -0.3 is 5.73 Å². The molecule has 0 spiro atoms. The fourth-order valence-electron chi connectivity index (χ4n) is 3.52. The number of rotatable bonds is 4. The van der Waals surface area contributed by atoms with Crippen LogP contribution in [-0.2, 0) is 7.05 Å². The summed E-state index contributed by atoms with van der Waals surface area (Å²) in [6.45, 7) is 6.86. The normalized spacial score (nSPS) is 22.9. The summed E-state index contributed by atoms with van der Waals surface area (Å²) < 4.78 is 1.86. The lowest BCUT2D eigenvalue weighted by Crippen LogP contribution is -2.45. The molecule has 2 N–H and O–H groups in total. The molecule has 2 atom stereocenters. The molecule has 1 aliphatic rings. The number of likely N-dealkylation sites (N-methyl/N-ethyl adjacent to an activating group) is 1. The molecule has 0 aromatic carbocycles. The molecule has 1 aliphatic carbocycles. The van der Waals surface area contributed by atoms with Gasteiger partial charge in [-0.25, -0.2) is 0 Å². The number of hydrogen-bond acceptors (Lipinski definition) is 3. The fourth-order valence-corrected chi connectivity index (χ4v) is 3.52. The molecule has 0 amide bonds. The third-order valence-electron chi connectivity index (χ3n) is 4.89. The van der Waals surface area contributed by atoms with Crippen molar-refractivity contribution >= 4 is 0 Å². The zero-order chi connectivity index (χ0) is 14.9. The van der Waals surface area contributed by atoms with Crippen LogP contribution in [-0.4, -0.2) is 33.8 Å². The molecule has 0 bridgehead atoms. The molecule has 2 unspecified atom stereocenters. The van der Waals surface area contributed by atoms with Crippen molar-refractivity contribution in [1.82, 2.24) is 14.7 Å². The van der Waals surface area contributed by atoms with Crippen LogP contribution in [0.4, 0.5) is 0 Å². The second kappa shape index (κ2) is 5.86. The van der Waals surface area contributed by atoms with Crippen LogP contribution in [0.1, 0.15) is 58.1 Å². The minimum atomic E-state index is 0.110. The lowest BCUT2D eigenvalue weighted by atomic mass is 9.75. The van der Waals surface area contributed by atoms with Crippen molar-refractivity contribution in [3.63, 3.8) is 0 Å². The first-order valence-electron chi connectivity index (χ1n) is 7.76. The number of nitrogens with zero attached hydrogens (tertiary/aromatic N) is 3. The zero-order valence-corrected chi connectivity index (χ0v) is 13.6. The molecule has 0 aliphatic heterocycles. The Kier molecular flexibility index (Phi) is 4.55. The summed E-state index contributed by atoms with van der Waals surface area (Å²) in [7, 11) is 4.19. The van der Waals surface area contributed by atoms with Crippen molar-refractivity contribution in [3.8, 4) is 0 Å². The van der Waals surface area contributed by atoms with Gasteiger partial charge in [-0.1, -0.05) is 13.8 Å². The van der Waals surface area contributed by atoms with Gasteiger partial charge in [0, 0.05) is 30.9 Å². The molecule has 1 aromatic rings. The zero-order valence-electron chi connectivity index (χ0n) is 13.6. The van der Waals surface area contributed by atoms with Crippen LogP contribution < -0.4 is 5.73 Å². The molecule has 4 nitrogen and oxygen atoms in total. The van der Waals surface area contributed by atoms with Crippen LogP contribution >= 0.6 is 0 Å². The van der Waals surface area contributed by atoms with Crippen molar-refractivity contribution < 1.29 is 0 Å². The van der Waals surface area contributed by atoms with Gasteiger partial charge in [-0.05, 0) is 45.1 Å². The highest BCUT2D eigenvalue weighted by molar-refractivity contribution is 5.13. The Morgan fingerprint density at radius 1 is 1.40 bits per heavy atom. The van der Waals surface area contributed by atoms with Gasteiger partial charge in [-0.3, -0.25) is 9.58 Å². The van der Waals surface area contributed by atoms with E-state index in [-0.39, 0.29) is 12.1 Å². The van der Waals surface area contributed by atoms with Crippen molar-refractivity contribution in [3.05, 3.63) is 18.0 Å². The molecule has 4 heteroatoms. The van der Waals surface area contributed by atoms with E-state index in [0.29, 0.717) is 11.5 Å². The first-order valence-corrected chi connectivity index (χ1v) is 7.76. The summed E-state index contributed by atoms with van der Waals surface area (Å²) in [5, 5.41) is 4.30. The van der Waals surface area contributed by atoms with E-state index in [1.165, 1.54) is 31.2 Å². The van der Waals surface area contributed by atoms with Crippen molar-refractivity contribution in [1.29, 1.82) is 0 Å². The highest BCUT2D eigenvalue weighted by Crippen LogP contribution is 2.38. The Labute approximate surface area is 123 Å². The maximum atomic E-state index is 6.26. The summed E-state index contributed by atoms with van der Waals surface area (Å²) in [5.41, 5.74) is 8.00. The van der Waals surface area contributed by atoms with E-state index < -0.39 is 0 Å². The summed E-state index contributed by atoms with van der Waals surface area (Å²) >= 11 is 0. The molecule has 0 saturated heterocycles. The molecule has 1 saturated carbocycles. The maximum Gasteiger partial charge on any atom is 0.0538 e. The smallest absolute Gasteiger partial charge is 0.0538 e. The molecule has 2 rings (SSSR count). The Morgan fingerprint density at radius 3 is 2.45 bits per heavy atom. The van der Waals surface area contributed by atoms with Crippen molar-refractivity contribution in [2.24, 2.45) is 18.2 Å². The standard InChI is InChI=1S/C16H30N4/c1-12(17)15(13-10-18-19(4)11-13)20(5)14-6-8-16(2,3)9-7-14/h10-12,14-15H,6-9,17H2,1-5H3. The largest absolute Gasteiger partial charge is 0.326 e. The van der Waals surface area contributed by atoms with E-state index in [1.807, 2.05) is 17.9 Å². The van der Waals surface area contributed by atoms with Crippen LogP contribution in [0.3, 0.4) is 0 Å². The molecule has 1 aromatic heterocycles. The number of nitrogens with two attached hydrogens (primary N) is 1. The number of hydrogen-bond donors (Lipinski definition) is 1. The minimum Gasteiger partial charge on any atom is -0.326 e. The van der Waals surface area contributed by atoms with Gasteiger partial charge in [0.05, 0.1) is 12.2 Å². The third kappa shape index (κ3) is 3.41. The monoisotopic (exact) mass is 278 g/mol. The topological polar surface area (TPSA) is 47.1 Å². The molecule has 114 valence electrons. The lowest BCUT2D eigenvalue weighted by Gasteiger charge is -2.42. The first kappa shape index (κ1) is 15.5. The van der Waals surface area contributed by atoms with Crippen molar-refractivity contribution in [2.45, 2.75) is 64.6 Å². The van der Waals surface area contributed by atoms with E-state index >= 15 is 0 Å². The van der Waals surface area contributed by atoms with Crippen molar-refractivity contribution in [2.75, 3.05) is 7.05 Å². The van der Waals surface area contributed by atoms with Crippen LogP contribution in [0.25, 0.3) is 0 Å². The fraction of sp³-hybridized carbons (Fsp3) is 0.812. The minimum absolute atomic E-state index is 0.110. The molecule has 20 heavy (non-hydrogen) atoms. The Bertz CT molecular complexity index is 425. The van der Waals surface area contributed by atoms with Gasteiger partial charge in [-0.2, -0.15) is 5.10 Å². The van der Waals surface area contributed by atoms with Gasteiger partial charge in [-0.15, -0.1) is 0 Å². The average Bonchev–Trinajstić information content (AvgIpc) is 2.75. The van der Waals surface area contributed by atoms with Gasteiger partial charge >= 0.3 is 0 Å². The summed E-state index contributed by atoms with van der Waals surface area (Å²) in [4.78, 5) is 2.48. The average molecular weight is 278 g/mol. The number of aromatic nitrogens is 2.